The van der Waals surface area contributed by atoms with Gasteiger partial charge in [0.15, 0.2) is 0 Å². The molecule has 0 fully saturated rings. The minimum atomic E-state index is 0.420. The van der Waals surface area contributed by atoms with Gasteiger partial charge in [-0.3, -0.25) is 4.98 Å². The summed E-state index contributed by atoms with van der Waals surface area (Å²) in [5.41, 5.74) is 2.41. The predicted molar refractivity (Wildman–Crippen MR) is 91.5 cm³/mol. The number of nitrogens with zero attached hydrogens (tertiary/aromatic N) is 1. The number of fused-ring (bicyclic) bond motifs is 1. The Labute approximate surface area is 129 Å². The van der Waals surface area contributed by atoms with Crippen LogP contribution in [0.5, 0.6) is 0 Å². The van der Waals surface area contributed by atoms with Gasteiger partial charge in [0.2, 0.25) is 0 Å². The van der Waals surface area contributed by atoms with Gasteiger partial charge in [-0.05, 0) is 36.6 Å². The number of nitrogens with one attached hydrogen (secondary N) is 1. The Hall–Kier alpha value is -1.41. The molecule has 0 aliphatic rings. The highest BCUT2D eigenvalue weighted by Crippen LogP contribution is 2.30. The lowest BCUT2D eigenvalue weighted by Crippen LogP contribution is -2.28. The highest BCUT2D eigenvalue weighted by molar-refractivity contribution is 5.78. The summed E-state index contributed by atoms with van der Waals surface area (Å²) in [7, 11) is 0. The second-order valence-corrected chi connectivity index (χ2v) is 5.81. The summed E-state index contributed by atoms with van der Waals surface area (Å²) in [5, 5.41) is 4.92. The second kappa shape index (κ2) is 8.14. The van der Waals surface area contributed by atoms with E-state index in [-0.39, 0.29) is 0 Å². The first kappa shape index (κ1) is 16.0. The molecule has 2 atom stereocenters. The van der Waals surface area contributed by atoms with Gasteiger partial charge in [0, 0.05) is 17.6 Å². The van der Waals surface area contributed by atoms with E-state index in [1.54, 1.807) is 0 Å². The predicted octanol–water partition coefficient (Wildman–Crippen LogP) is 5.10. The molecule has 0 amide bonds. The number of rotatable bonds is 8. The number of benzene rings is 1. The normalized spacial score (nSPS) is 14.2. The Kier molecular flexibility index (Phi) is 6.19. The topological polar surface area (TPSA) is 24.9 Å². The Morgan fingerprint density at radius 2 is 1.95 bits per heavy atom. The number of unbranched alkanes of at least 4 members (excludes halogenated alkanes) is 1. The first-order valence-electron chi connectivity index (χ1n) is 8.38. The molecule has 0 saturated carbocycles. The van der Waals surface area contributed by atoms with E-state index in [0.29, 0.717) is 12.0 Å². The molecule has 1 aromatic carbocycles. The molecule has 21 heavy (non-hydrogen) atoms. The third-order valence-electron chi connectivity index (χ3n) is 4.32. The maximum absolute atomic E-state index is 4.64. The molecule has 0 aliphatic carbocycles. The summed E-state index contributed by atoms with van der Waals surface area (Å²) in [5.74, 6) is 0.688. The molecule has 0 radical (unpaired) electrons. The smallest absolute Gasteiger partial charge is 0.0702 e. The Balaban J connectivity index is 2.29. The third kappa shape index (κ3) is 4.04. The summed E-state index contributed by atoms with van der Waals surface area (Å²) in [6.45, 7) is 7.76. The number of hydrogen-bond acceptors (Lipinski definition) is 2. The molecular weight excluding hydrogens is 256 g/mol. The van der Waals surface area contributed by atoms with Gasteiger partial charge >= 0.3 is 0 Å². The van der Waals surface area contributed by atoms with Crippen molar-refractivity contribution in [2.45, 2.75) is 52.5 Å². The molecule has 2 aromatic rings. The number of aromatic nitrogens is 1. The van der Waals surface area contributed by atoms with E-state index >= 15 is 0 Å². The van der Waals surface area contributed by atoms with Crippen molar-refractivity contribution in [3.63, 3.8) is 0 Å². The zero-order valence-electron chi connectivity index (χ0n) is 13.6. The third-order valence-corrected chi connectivity index (χ3v) is 4.32. The van der Waals surface area contributed by atoms with Gasteiger partial charge in [0.25, 0.3) is 0 Å². The van der Waals surface area contributed by atoms with Crippen LogP contribution in [0.3, 0.4) is 0 Å². The zero-order chi connectivity index (χ0) is 15.1. The highest BCUT2D eigenvalue weighted by atomic mass is 14.9. The fourth-order valence-electron chi connectivity index (χ4n) is 3.11. The molecule has 1 heterocycles. The SMILES string of the molecule is CCCCC(CC)C(NCC)c1cnc2ccccc2c1. The molecule has 1 aromatic heterocycles. The maximum Gasteiger partial charge on any atom is 0.0702 e. The number of hydrogen-bond donors (Lipinski definition) is 1. The van der Waals surface area contributed by atoms with E-state index in [0.717, 1.165) is 12.1 Å². The second-order valence-electron chi connectivity index (χ2n) is 5.81. The molecule has 2 heteroatoms. The van der Waals surface area contributed by atoms with Crippen LogP contribution in [0.4, 0.5) is 0 Å². The van der Waals surface area contributed by atoms with Crippen LogP contribution in [-0.4, -0.2) is 11.5 Å². The summed E-state index contributed by atoms with van der Waals surface area (Å²) in [4.78, 5) is 4.64. The van der Waals surface area contributed by atoms with Crippen LogP contribution >= 0.6 is 0 Å². The monoisotopic (exact) mass is 284 g/mol. The minimum absolute atomic E-state index is 0.420. The van der Waals surface area contributed by atoms with E-state index in [1.165, 1.54) is 36.6 Å². The van der Waals surface area contributed by atoms with E-state index in [4.69, 9.17) is 0 Å². The van der Waals surface area contributed by atoms with Gasteiger partial charge in [-0.15, -0.1) is 0 Å². The van der Waals surface area contributed by atoms with Crippen molar-refractivity contribution in [2.24, 2.45) is 5.92 Å². The lowest BCUT2D eigenvalue weighted by Gasteiger charge is -2.27. The maximum atomic E-state index is 4.64. The van der Waals surface area contributed by atoms with Gasteiger partial charge in [-0.2, -0.15) is 0 Å². The first-order valence-corrected chi connectivity index (χ1v) is 8.38. The lowest BCUT2D eigenvalue weighted by molar-refractivity contribution is 0.327. The van der Waals surface area contributed by atoms with Crippen molar-refractivity contribution in [3.05, 3.63) is 42.1 Å². The Morgan fingerprint density at radius 1 is 1.14 bits per heavy atom. The van der Waals surface area contributed by atoms with Gasteiger partial charge in [0.1, 0.15) is 0 Å². The quantitative estimate of drug-likeness (QED) is 0.729. The first-order chi connectivity index (χ1) is 10.3. The molecule has 0 spiro atoms. The Morgan fingerprint density at radius 3 is 2.67 bits per heavy atom. The van der Waals surface area contributed by atoms with E-state index in [1.807, 2.05) is 6.07 Å². The molecule has 0 aliphatic heterocycles. The van der Waals surface area contributed by atoms with Gasteiger partial charge < -0.3 is 5.32 Å². The van der Waals surface area contributed by atoms with E-state index in [9.17, 15) is 0 Å². The summed E-state index contributed by atoms with van der Waals surface area (Å²) in [6, 6.07) is 11.1. The average Bonchev–Trinajstić information content (AvgIpc) is 2.54. The van der Waals surface area contributed by atoms with Crippen LogP contribution < -0.4 is 5.32 Å². The zero-order valence-corrected chi connectivity index (χ0v) is 13.6. The van der Waals surface area contributed by atoms with Crippen LogP contribution in [0.2, 0.25) is 0 Å². The lowest BCUT2D eigenvalue weighted by atomic mass is 9.87. The molecule has 2 rings (SSSR count). The molecule has 0 saturated heterocycles. The molecule has 1 N–H and O–H groups in total. The van der Waals surface area contributed by atoms with Crippen LogP contribution in [0.15, 0.2) is 36.5 Å². The average molecular weight is 284 g/mol. The van der Waals surface area contributed by atoms with E-state index < -0.39 is 0 Å². The van der Waals surface area contributed by atoms with Gasteiger partial charge in [-0.1, -0.05) is 58.2 Å². The van der Waals surface area contributed by atoms with Crippen LogP contribution in [0, 0.1) is 5.92 Å². The largest absolute Gasteiger partial charge is 0.310 e. The molecule has 2 nitrogen and oxygen atoms in total. The highest BCUT2D eigenvalue weighted by Gasteiger charge is 2.21. The molecule has 2 unspecified atom stereocenters. The van der Waals surface area contributed by atoms with Crippen molar-refractivity contribution in [1.82, 2.24) is 10.3 Å². The molecule has 114 valence electrons. The van der Waals surface area contributed by atoms with Crippen molar-refractivity contribution in [1.29, 1.82) is 0 Å². The Bertz CT molecular complexity index is 550. The fourth-order valence-corrected chi connectivity index (χ4v) is 3.11. The van der Waals surface area contributed by atoms with Crippen LogP contribution in [-0.2, 0) is 0 Å². The van der Waals surface area contributed by atoms with Crippen LogP contribution in [0.25, 0.3) is 10.9 Å². The van der Waals surface area contributed by atoms with Crippen LogP contribution in [0.1, 0.15) is 58.1 Å². The summed E-state index contributed by atoms with van der Waals surface area (Å²) >= 11 is 0. The molecular formula is C19H28N2. The van der Waals surface area contributed by atoms with Crippen molar-refractivity contribution in [3.8, 4) is 0 Å². The van der Waals surface area contributed by atoms with E-state index in [2.05, 4.69) is 61.5 Å². The number of pyridine rings is 1. The molecule has 0 bridgehead atoms. The number of para-hydroxylation sites is 1. The van der Waals surface area contributed by atoms with Crippen molar-refractivity contribution in [2.75, 3.05) is 6.54 Å². The summed E-state index contributed by atoms with van der Waals surface area (Å²) in [6.07, 6.45) is 7.14. The summed E-state index contributed by atoms with van der Waals surface area (Å²) < 4.78 is 0. The standard InChI is InChI=1S/C19H28N2/c1-4-7-10-15(5-2)19(20-6-3)17-13-16-11-8-9-12-18(16)21-14-17/h8-9,11-15,19-20H,4-7,10H2,1-3H3. The fraction of sp³-hybridized carbons (Fsp3) is 0.526. The minimum Gasteiger partial charge on any atom is -0.310 e. The van der Waals surface area contributed by atoms with Gasteiger partial charge in [0.05, 0.1) is 5.52 Å². The van der Waals surface area contributed by atoms with Crippen molar-refractivity contribution < 1.29 is 0 Å². The van der Waals surface area contributed by atoms with Gasteiger partial charge in [-0.25, -0.2) is 0 Å². The van der Waals surface area contributed by atoms with Crippen molar-refractivity contribution >= 4 is 10.9 Å².